The highest BCUT2D eigenvalue weighted by atomic mass is 31.2. The molecule has 0 saturated carbocycles. The Labute approximate surface area is 216 Å². The maximum absolute atomic E-state index is 14.2. The number of hydrogen-bond donors (Lipinski definition) is 4. The highest BCUT2D eigenvalue weighted by Gasteiger charge is 2.47. The Morgan fingerprint density at radius 2 is 1.97 bits per heavy atom. The van der Waals surface area contributed by atoms with Crippen molar-refractivity contribution in [1.29, 1.82) is 0 Å². The van der Waals surface area contributed by atoms with Gasteiger partial charge < -0.3 is 24.9 Å². The lowest BCUT2D eigenvalue weighted by Gasteiger charge is -2.33. The van der Waals surface area contributed by atoms with Crippen LogP contribution < -0.4 is 20.6 Å². The summed E-state index contributed by atoms with van der Waals surface area (Å²) in [7, 11) is -3.07. The Bertz CT molecular complexity index is 1330. The van der Waals surface area contributed by atoms with Crippen LogP contribution in [0, 0.1) is 0 Å². The van der Waals surface area contributed by atoms with Gasteiger partial charge in [-0.05, 0) is 38.5 Å². The number of rotatable bonds is 12. The Morgan fingerprint density at radius 3 is 2.61 bits per heavy atom. The third kappa shape index (κ3) is 6.98. The average Bonchev–Trinajstić information content (AvgIpc) is 3.24. The molecule has 5 N–H and O–H groups in total. The Hall–Kier alpha value is -3.26. The van der Waals surface area contributed by atoms with Gasteiger partial charge in [-0.1, -0.05) is 12.1 Å². The number of carbonyl (C=O) groups is 1. The molecule has 208 valence electrons. The van der Waals surface area contributed by atoms with Crippen molar-refractivity contribution in [3.63, 3.8) is 0 Å². The van der Waals surface area contributed by atoms with E-state index in [9.17, 15) is 27.6 Å². The molecule has 1 unspecified atom stereocenters. The van der Waals surface area contributed by atoms with E-state index in [0.717, 1.165) is 6.07 Å². The van der Waals surface area contributed by atoms with Gasteiger partial charge in [-0.2, -0.15) is 13.2 Å². The number of halogens is 3. The number of nitrogen functional groups attached to an aromatic ring is 1. The van der Waals surface area contributed by atoms with E-state index in [1.54, 1.807) is 11.5 Å². The van der Waals surface area contributed by atoms with Crippen LogP contribution in [0.5, 0.6) is 5.75 Å². The topological polar surface area (TPSA) is 167 Å². The second kappa shape index (κ2) is 11.2. The van der Waals surface area contributed by atoms with Gasteiger partial charge in [0.15, 0.2) is 11.5 Å². The molecule has 2 aromatic heterocycles. The lowest BCUT2D eigenvalue weighted by atomic mass is 10.1. The number of anilines is 1. The second-order valence-electron chi connectivity index (χ2n) is 9.10. The largest absolute Gasteiger partial charge is 0.497 e. The van der Waals surface area contributed by atoms with Crippen LogP contribution in [0.3, 0.4) is 0 Å². The summed E-state index contributed by atoms with van der Waals surface area (Å²) in [5.74, 6) is -1.08. The maximum atomic E-state index is 14.2. The quantitative estimate of drug-likeness (QED) is 0.240. The van der Waals surface area contributed by atoms with Crippen molar-refractivity contribution in [2.24, 2.45) is 0 Å². The third-order valence-corrected chi connectivity index (χ3v) is 7.62. The maximum Gasteiger partial charge on any atom is 0.408 e. The summed E-state index contributed by atoms with van der Waals surface area (Å²) in [4.78, 5) is 23.8. The van der Waals surface area contributed by atoms with E-state index in [2.05, 4.69) is 25.1 Å². The number of benzene rings is 1. The van der Waals surface area contributed by atoms with Gasteiger partial charge in [0.25, 0.3) is 0 Å². The Morgan fingerprint density at radius 1 is 1.26 bits per heavy atom. The highest BCUT2D eigenvalue weighted by molar-refractivity contribution is 7.59. The summed E-state index contributed by atoms with van der Waals surface area (Å²) in [5, 5.41) is 14.0. The van der Waals surface area contributed by atoms with Gasteiger partial charge in [0.2, 0.25) is 7.44 Å². The first-order valence-corrected chi connectivity index (χ1v) is 13.2. The van der Waals surface area contributed by atoms with E-state index in [4.69, 9.17) is 15.2 Å². The van der Waals surface area contributed by atoms with Crippen LogP contribution in [0.1, 0.15) is 32.4 Å². The molecule has 0 aliphatic carbocycles. The van der Waals surface area contributed by atoms with E-state index in [1.807, 2.05) is 0 Å². The minimum Gasteiger partial charge on any atom is -0.497 e. The summed E-state index contributed by atoms with van der Waals surface area (Å²) < 4.78 is 68.6. The molecule has 0 aliphatic rings. The van der Waals surface area contributed by atoms with Crippen LogP contribution in [0.4, 0.5) is 19.0 Å². The van der Waals surface area contributed by atoms with E-state index in [1.165, 1.54) is 51.8 Å². The van der Waals surface area contributed by atoms with Gasteiger partial charge in [-0.3, -0.25) is 9.36 Å². The van der Waals surface area contributed by atoms with Crippen molar-refractivity contribution in [3.8, 4) is 5.75 Å². The summed E-state index contributed by atoms with van der Waals surface area (Å²) in [6.07, 6.45) is -3.65. The molecule has 16 heteroatoms. The molecular weight excluding hydrogens is 530 g/mol. The van der Waals surface area contributed by atoms with Crippen LogP contribution in [-0.2, 0) is 20.6 Å². The SMILES string of the molecule is COc1cccc([C@H](NP(=O)(CO[C@@H](C)Cn2cnc3c(N)ncnc32)NC(C)(C)C(=O)O)C(F)(F)F)c1. The van der Waals surface area contributed by atoms with E-state index in [0.29, 0.717) is 11.2 Å². The van der Waals surface area contributed by atoms with E-state index in [-0.39, 0.29) is 23.7 Å². The summed E-state index contributed by atoms with van der Waals surface area (Å²) in [6.45, 7) is 4.10. The number of methoxy groups -OCH3 is 1. The molecule has 3 rings (SSSR count). The Balaban J connectivity index is 1.87. The van der Waals surface area contributed by atoms with Crippen molar-refractivity contribution < 1.29 is 37.1 Å². The predicted octanol–water partition coefficient (Wildman–Crippen LogP) is 3.32. The average molecular weight is 559 g/mol. The number of aliphatic carboxylic acids is 1. The normalized spacial score (nSPS) is 15.7. The molecule has 0 amide bonds. The number of hydrogen-bond acceptors (Lipinski definition) is 8. The van der Waals surface area contributed by atoms with Crippen molar-refractivity contribution in [3.05, 3.63) is 42.5 Å². The minimum atomic E-state index is -4.89. The fraction of sp³-hybridized carbons (Fsp3) is 0.455. The van der Waals surface area contributed by atoms with Crippen LogP contribution in [-0.4, -0.2) is 61.9 Å². The number of alkyl halides is 3. The number of nitrogens with two attached hydrogens (primary N) is 1. The van der Waals surface area contributed by atoms with Crippen molar-refractivity contribution in [2.45, 2.75) is 51.2 Å². The number of nitrogens with zero attached hydrogens (tertiary/aromatic N) is 4. The number of carboxylic acids is 1. The van der Waals surface area contributed by atoms with Gasteiger partial charge in [0, 0.05) is 0 Å². The monoisotopic (exact) mass is 559 g/mol. The van der Waals surface area contributed by atoms with Gasteiger partial charge >= 0.3 is 12.1 Å². The Kier molecular flexibility index (Phi) is 8.66. The number of aromatic nitrogens is 4. The first-order valence-electron chi connectivity index (χ1n) is 11.3. The summed E-state index contributed by atoms with van der Waals surface area (Å²) >= 11 is 0. The molecule has 0 radical (unpaired) electrons. The molecule has 12 nitrogen and oxygen atoms in total. The smallest absolute Gasteiger partial charge is 0.408 e. The van der Waals surface area contributed by atoms with Gasteiger partial charge in [0.1, 0.15) is 35.5 Å². The molecule has 0 aliphatic heterocycles. The van der Waals surface area contributed by atoms with Crippen molar-refractivity contribution in [1.82, 2.24) is 29.7 Å². The standard InChI is InChI=1S/C22H29F3N7O5P/c1-13(9-32-11-29-16-18(26)27-10-28-19(16)32)37-12-38(35,31-21(2,3)20(33)34)30-17(22(23,24)25)14-6-5-7-15(8-14)36-4/h5-8,10-11,13,17H,9,12H2,1-4H3,(H,33,34)(H2,26,27,28)(H2,30,31,35)/t13-,17-,38?/m0/s1. The first-order chi connectivity index (χ1) is 17.6. The number of ether oxygens (including phenoxy) is 2. The van der Waals surface area contributed by atoms with Gasteiger partial charge in [-0.25, -0.2) is 25.1 Å². The number of carboxylic acid groups (broad SMARTS) is 1. The lowest BCUT2D eigenvalue weighted by Crippen LogP contribution is -2.49. The second-order valence-corrected chi connectivity index (χ2v) is 11.3. The molecule has 1 aromatic carbocycles. The van der Waals surface area contributed by atoms with Crippen LogP contribution in [0.15, 0.2) is 36.9 Å². The molecule has 0 spiro atoms. The number of imidazole rings is 1. The molecule has 0 bridgehead atoms. The molecule has 3 aromatic rings. The van der Waals surface area contributed by atoms with Gasteiger partial charge in [0.05, 0.1) is 26.1 Å². The van der Waals surface area contributed by atoms with Crippen LogP contribution >= 0.6 is 7.44 Å². The molecular formula is C22H29F3N7O5P. The molecule has 0 saturated heterocycles. The van der Waals surface area contributed by atoms with E-state index < -0.39 is 43.6 Å². The van der Waals surface area contributed by atoms with Gasteiger partial charge in [-0.15, -0.1) is 0 Å². The molecule has 0 fully saturated rings. The predicted molar refractivity (Wildman–Crippen MR) is 133 cm³/mol. The highest BCUT2D eigenvalue weighted by Crippen LogP contribution is 2.46. The zero-order valence-electron chi connectivity index (χ0n) is 21.1. The summed E-state index contributed by atoms with van der Waals surface area (Å²) in [5.41, 5.74) is 4.44. The zero-order chi connectivity index (χ0) is 28.3. The molecule has 38 heavy (non-hydrogen) atoms. The third-order valence-electron chi connectivity index (χ3n) is 5.51. The molecule has 2 heterocycles. The number of nitrogens with one attached hydrogen (secondary N) is 2. The van der Waals surface area contributed by atoms with E-state index >= 15 is 0 Å². The minimum absolute atomic E-state index is 0.133. The fourth-order valence-corrected chi connectivity index (χ4v) is 5.94. The van der Waals surface area contributed by atoms with Crippen LogP contribution in [0.2, 0.25) is 0 Å². The first kappa shape index (κ1) is 29.3. The lowest BCUT2D eigenvalue weighted by molar-refractivity contribution is -0.153. The van der Waals surface area contributed by atoms with Crippen molar-refractivity contribution >= 4 is 30.4 Å². The number of fused-ring (bicyclic) bond motifs is 1. The van der Waals surface area contributed by atoms with Crippen LogP contribution in [0.25, 0.3) is 11.2 Å². The summed E-state index contributed by atoms with van der Waals surface area (Å²) in [6, 6.07) is 2.75. The zero-order valence-corrected chi connectivity index (χ0v) is 22.0. The van der Waals surface area contributed by atoms with Crippen molar-refractivity contribution in [2.75, 3.05) is 19.2 Å². The molecule has 3 atom stereocenters. The fourth-order valence-electron chi connectivity index (χ4n) is 3.56.